The van der Waals surface area contributed by atoms with Gasteiger partial charge in [0.15, 0.2) is 0 Å². The lowest BCUT2D eigenvalue weighted by Crippen LogP contribution is -2.25. The fourth-order valence-corrected chi connectivity index (χ4v) is 4.93. The monoisotopic (exact) mass is 270 g/mol. The van der Waals surface area contributed by atoms with Crippen molar-refractivity contribution in [2.45, 2.75) is 83.4 Å². The van der Waals surface area contributed by atoms with Gasteiger partial charge in [-0.15, -0.1) is 0 Å². The Morgan fingerprint density at radius 3 is 2.00 bits per heavy atom. The summed E-state index contributed by atoms with van der Waals surface area (Å²) in [5.74, 6) is 4.43. The molecule has 20 heavy (non-hydrogen) atoms. The second-order valence-corrected chi connectivity index (χ2v) is 7.95. The molecule has 1 unspecified atom stereocenters. The Bertz CT molecular complexity index is 330. The van der Waals surface area contributed by atoms with Crippen LogP contribution in [-0.2, 0) is 0 Å². The molecular weight excluding hydrogens is 239 g/mol. The first-order valence-electron chi connectivity index (χ1n) is 9.17. The van der Waals surface area contributed by atoms with Crippen LogP contribution >= 0.6 is 0 Å². The fourth-order valence-electron chi connectivity index (χ4n) is 4.93. The van der Waals surface area contributed by atoms with Crippen LogP contribution in [0.4, 0.5) is 0 Å². The van der Waals surface area contributed by atoms with Crippen molar-refractivity contribution in [2.75, 3.05) is 0 Å². The van der Waals surface area contributed by atoms with Gasteiger partial charge in [0, 0.05) is 0 Å². The van der Waals surface area contributed by atoms with E-state index in [1.54, 1.807) is 0 Å². The van der Waals surface area contributed by atoms with Gasteiger partial charge < -0.3 is 0 Å². The standard InChI is InChI=1S/C19H31B/c1-14-2-4-15(5-3-14)16-6-8-17(9-7-16)18-10-12-19(20)13-11-18/h4,14,16-19H,2-3,5-13H2,1H3. The molecule has 0 aromatic heterocycles. The molecule has 0 heterocycles. The molecule has 110 valence electrons. The van der Waals surface area contributed by atoms with Gasteiger partial charge in [-0.1, -0.05) is 50.1 Å². The van der Waals surface area contributed by atoms with Crippen LogP contribution in [0.1, 0.15) is 77.6 Å². The number of rotatable bonds is 2. The number of allylic oxidation sites excluding steroid dienone is 2. The lowest BCUT2D eigenvalue weighted by atomic mass is 9.64. The van der Waals surface area contributed by atoms with Gasteiger partial charge >= 0.3 is 0 Å². The molecule has 0 saturated heterocycles. The highest BCUT2D eigenvalue weighted by Gasteiger charge is 2.31. The summed E-state index contributed by atoms with van der Waals surface area (Å²) >= 11 is 0. The minimum Gasteiger partial charge on any atom is -0.0848 e. The molecule has 3 aliphatic rings. The summed E-state index contributed by atoms with van der Waals surface area (Å²) in [6.07, 6.45) is 18.1. The van der Waals surface area contributed by atoms with Gasteiger partial charge in [0.25, 0.3) is 0 Å². The average molecular weight is 270 g/mol. The van der Waals surface area contributed by atoms with Gasteiger partial charge in [0.2, 0.25) is 0 Å². The Labute approximate surface area is 127 Å². The van der Waals surface area contributed by atoms with Crippen LogP contribution in [0.5, 0.6) is 0 Å². The smallest absolute Gasteiger partial charge is 0.0699 e. The predicted molar refractivity (Wildman–Crippen MR) is 88.0 cm³/mol. The van der Waals surface area contributed by atoms with Gasteiger partial charge in [-0.3, -0.25) is 0 Å². The highest BCUT2D eigenvalue weighted by Crippen LogP contribution is 2.44. The summed E-state index contributed by atoms with van der Waals surface area (Å²) < 4.78 is 0. The van der Waals surface area contributed by atoms with E-state index in [1.807, 2.05) is 5.57 Å². The molecule has 1 atom stereocenters. The molecule has 3 aliphatic carbocycles. The van der Waals surface area contributed by atoms with E-state index in [4.69, 9.17) is 7.85 Å². The van der Waals surface area contributed by atoms with Crippen molar-refractivity contribution in [2.24, 2.45) is 23.7 Å². The topological polar surface area (TPSA) is 0 Å². The highest BCUT2D eigenvalue weighted by molar-refractivity contribution is 6.11. The minimum atomic E-state index is 0.511. The zero-order chi connectivity index (χ0) is 13.9. The molecular formula is C19H31B. The molecule has 0 bridgehead atoms. The molecule has 3 rings (SSSR count). The Morgan fingerprint density at radius 2 is 1.45 bits per heavy atom. The fraction of sp³-hybridized carbons (Fsp3) is 0.895. The van der Waals surface area contributed by atoms with Crippen LogP contribution in [0.25, 0.3) is 0 Å². The first kappa shape index (κ1) is 14.7. The molecule has 0 aromatic rings. The molecule has 0 nitrogen and oxygen atoms in total. The van der Waals surface area contributed by atoms with Gasteiger partial charge in [-0.2, -0.15) is 0 Å². The molecule has 1 heteroatoms. The Morgan fingerprint density at radius 1 is 0.850 bits per heavy atom. The normalized spacial score (nSPS) is 43.0. The summed E-state index contributed by atoms with van der Waals surface area (Å²) in [5.41, 5.74) is 1.83. The third kappa shape index (κ3) is 3.52. The van der Waals surface area contributed by atoms with Gasteiger partial charge in [-0.05, 0) is 68.6 Å². The molecule has 0 spiro atoms. The maximum absolute atomic E-state index is 6.05. The van der Waals surface area contributed by atoms with Gasteiger partial charge in [0.1, 0.15) is 0 Å². The van der Waals surface area contributed by atoms with Crippen molar-refractivity contribution >= 4 is 7.85 Å². The van der Waals surface area contributed by atoms with Crippen molar-refractivity contribution in [3.63, 3.8) is 0 Å². The van der Waals surface area contributed by atoms with Crippen molar-refractivity contribution < 1.29 is 0 Å². The van der Waals surface area contributed by atoms with Crippen LogP contribution < -0.4 is 0 Å². The summed E-state index contributed by atoms with van der Waals surface area (Å²) in [7, 11) is 6.05. The van der Waals surface area contributed by atoms with E-state index in [0.29, 0.717) is 5.82 Å². The van der Waals surface area contributed by atoms with Crippen LogP contribution in [0.15, 0.2) is 11.6 Å². The van der Waals surface area contributed by atoms with Crippen molar-refractivity contribution in [3.8, 4) is 0 Å². The molecule has 0 aliphatic heterocycles. The molecule has 0 amide bonds. The van der Waals surface area contributed by atoms with Crippen molar-refractivity contribution in [1.82, 2.24) is 0 Å². The van der Waals surface area contributed by atoms with Crippen LogP contribution in [0.2, 0.25) is 5.82 Å². The van der Waals surface area contributed by atoms with Gasteiger partial charge in [0.05, 0.1) is 7.85 Å². The third-order valence-corrected chi connectivity index (χ3v) is 6.49. The lowest BCUT2D eigenvalue weighted by molar-refractivity contribution is 0.175. The Hall–Kier alpha value is -0.195. The molecule has 2 radical (unpaired) electrons. The largest absolute Gasteiger partial charge is 0.0848 e. The number of hydrogen-bond acceptors (Lipinski definition) is 0. The van der Waals surface area contributed by atoms with Crippen molar-refractivity contribution in [1.29, 1.82) is 0 Å². The quantitative estimate of drug-likeness (QED) is 0.447. The SMILES string of the molecule is [B]C1CCC(C2CCC(C3=CCC(C)CC3)CC2)CC1. The van der Waals surface area contributed by atoms with E-state index < -0.39 is 0 Å². The average Bonchev–Trinajstić information content (AvgIpc) is 2.49. The highest BCUT2D eigenvalue weighted by atomic mass is 14.4. The van der Waals surface area contributed by atoms with Crippen LogP contribution in [0, 0.1) is 23.7 Å². The second kappa shape index (κ2) is 6.71. The second-order valence-electron chi connectivity index (χ2n) is 7.95. The lowest BCUT2D eigenvalue weighted by Gasteiger charge is -2.38. The maximum Gasteiger partial charge on any atom is 0.0699 e. The van der Waals surface area contributed by atoms with Gasteiger partial charge in [-0.25, -0.2) is 0 Å². The molecule has 0 N–H and O–H groups in total. The third-order valence-electron chi connectivity index (χ3n) is 6.49. The molecule has 2 saturated carbocycles. The molecule has 0 aromatic carbocycles. The van der Waals surface area contributed by atoms with E-state index in [9.17, 15) is 0 Å². The van der Waals surface area contributed by atoms with E-state index in [2.05, 4.69) is 13.0 Å². The molecule has 2 fully saturated rings. The minimum absolute atomic E-state index is 0.511. The van der Waals surface area contributed by atoms with E-state index in [1.165, 1.54) is 70.6 Å². The van der Waals surface area contributed by atoms with Crippen LogP contribution in [0.3, 0.4) is 0 Å². The zero-order valence-electron chi connectivity index (χ0n) is 13.3. The first-order valence-corrected chi connectivity index (χ1v) is 9.17. The van der Waals surface area contributed by atoms with E-state index >= 15 is 0 Å². The van der Waals surface area contributed by atoms with E-state index in [-0.39, 0.29) is 0 Å². The van der Waals surface area contributed by atoms with Crippen LogP contribution in [-0.4, -0.2) is 7.85 Å². The zero-order valence-corrected chi connectivity index (χ0v) is 13.3. The summed E-state index contributed by atoms with van der Waals surface area (Å²) in [4.78, 5) is 0. The maximum atomic E-state index is 6.05. The summed E-state index contributed by atoms with van der Waals surface area (Å²) in [6.45, 7) is 2.40. The van der Waals surface area contributed by atoms with Crippen molar-refractivity contribution in [3.05, 3.63) is 11.6 Å². The predicted octanol–water partition coefficient (Wildman–Crippen LogP) is 5.69. The number of hydrogen-bond donors (Lipinski definition) is 0. The summed E-state index contributed by atoms with van der Waals surface area (Å²) in [5, 5.41) is 0. The van der Waals surface area contributed by atoms with E-state index in [0.717, 1.165) is 23.7 Å². The summed E-state index contributed by atoms with van der Waals surface area (Å²) in [6, 6.07) is 0. The Kier molecular flexibility index (Phi) is 4.94. The first-order chi connectivity index (χ1) is 9.72. The Balaban J connectivity index is 1.47.